The summed E-state index contributed by atoms with van der Waals surface area (Å²) >= 11 is 0. The molecule has 216 valence electrons. The number of methoxy groups -OCH3 is 1. The van der Waals surface area contributed by atoms with E-state index in [0.717, 1.165) is 73.7 Å². The van der Waals surface area contributed by atoms with Crippen molar-refractivity contribution in [3.05, 3.63) is 48.2 Å². The molecule has 0 spiro atoms. The predicted molar refractivity (Wildman–Crippen MR) is 153 cm³/mol. The van der Waals surface area contributed by atoms with Gasteiger partial charge in [0.05, 0.1) is 12.8 Å². The second-order valence-electron chi connectivity index (χ2n) is 12.5. The number of carbonyl (C=O) groups excluding carboxylic acids is 1. The number of fused-ring (bicyclic) bond motifs is 2. The molecule has 4 aliphatic rings. The van der Waals surface area contributed by atoms with E-state index in [1.54, 1.807) is 13.3 Å². The van der Waals surface area contributed by atoms with Crippen molar-refractivity contribution >= 4 is 11.6 Å². The van der Waals surface area contributed by atoms with Gasteiger partial charge in [-0.3, -0.25) is 4.79 Å². The summed E-state index contributed by atoms with van der Waals surface area (Å²) in [5, 5.41) is 4.36. The van der Waals surface area contributed by atoms with Crippen LogP contribution >= 0.6 is 0 Å². The first kappa shape index (κ1) is 26.6. The van der Waals surface area contributed by atoms with Crippen molar-refractivity contribution in [1.29, 1.82) is 0 Å². The molecule has 1 aliphatic heterocycles. The van der Waals surface area contributed by atoms with Gasteiger partial charge in [-0.2, -0.15) is 9.97 Å². The molecule has 0 N–H and O–H groups in total. The third kappa shape index (κ3) is 5.36. The molecule has 7 rings (SSSR count). The molecule has 4 fully saturated rings. The zero-order valence-electron chi connectivity index (χ0n) is 23.8. The number of anilines is 1. The molecule has 1 saturated heterocycles. The summed E-state index contributed by atoms with van der Waals surface area (Å²) in [6, 6.07) is 10.4. The van der Waals surface area contributed by atoms with Crippen LogP contribution in [0.3, 0.4) is 0 Å². The SMILES string of the molecule is COc1nccc(-c2cccc(N(CC3CCC4(c5nc(C6CC6)no5)CCCC3C4)C(=O)C3CCOCC3)c2)n1. The summed E-state index contributed by atoms with van der Waals surface area (Å²) in [6.45, 7) is 2.02. The molecule has 3 saturated carbocycles. The molecule has 9 heteroatoms. The van der Waals surface area contributed by atoms with E-state index in [1.807, 2.05) is 18.2 Å². The maximum Gasteiger partial charge on any atom is 0.316 e. The molecule has 3 aliphatic carbocycles. The van der Waals surface area contributed by atoms with Crippen molar-refractivity contribution < 1.29 is 18.8 Å². The number of nitrogens with zero attached hydrogens (tertiary/aromatic N) is 5. The van der Waals surface area contributed by atoms with Crippen LogP contribution in [0.5, 0.6) is 6.01 Å². The van der Waals surface area contributed by atoms with Crippen LogP contribution in [-0.2, 0) is 14.9 Å². The second kappa shape index (κ2) is 11.2. The van der Waals surface area contributed by atoms with E-state index in [2.05, 4.69) is 32.2 Å². The third-order valence-corrected chi connectivity index (χ3v) is 9.90. The lowest BCUT2D eigenvalue weighted by Gasteiger charge is -2.48. The first-order chi connectivity index (χ1) is 20.1. The van der Waals surface area contributed by atoms with Gasteiger partial charge in [-0.1, -0.05) is 30.1 Å². The van der Waals surface area contributed by atoms with Crippen LogP contribution < -0.4 is 9.64 Å². The van der Waals surface area contributed by atoms with Crippen molar-refractivity contribution in [2.45, 2.75) is 75.5 Å². The summed E-state index contributed by atoms with van der Waals surface area (Å²) in [7, 11) is 1.57. The highest BCUT2D eigenvalue weighted by Gasteiger charge is 2.49. The molecule has 3 unspecified atom stereocenters. The van der Waals surface area contributed by atoms with E-state index in [0.29, 0.717) is 37.0 Å². The number of benzene rings is 1. The highest BCUT2D eigenvalue weighted by Crippen LogP contribution is 2.53. The smallest absolute Gasteiger partial charge is 0.316 e. The molecule has 9 nitrogen and oxygen atoms in total. The molecule has 41 heavy (non-hydrogen) atoms. The van der Waals surface area contributed by atoms with Gasteiger partial charge in [0.2, 0.25) is 11.8 Å². The minimum atomic E-state index is -0.0141. The quantitative estimate of drug-likeness (QED) is 0.347. The Morgan fingerprint density at radius 3 is 2.78 bits per heavy atom. The van der Waals surface area contributed by atoms with Crippen molar-refractivity contribution in [1.82, 2.24) is 20.1 Å². The average Bonchev–Trinajstić information content (AvgIpc) is 3.76. The molecule has 0 radical (unpaired) electrons. The Labute approximate surface area is 241 Å². The van der Waals surface area contributed by atoms with Crippen LogP contribution in [0.1, 0.15) is 81.8 Å². The van der Waals surface area contributed by atoms with Crippen LogP contribution in [0.4, 0.5) is 5.69 Å². The first-order valence-electron chi connectivity index (χ1n) is 15.3. The van der Waals surface area contributed by atoms with Gasteiger partial charge < -0.3 is 18.9 Å². The fourth-order valence-electron chi connectivity index (χ4n) is 7.39. The van der Waals surface area contributed by atoms with E-state index in [4.69, 9.17) is 19.0 Å². The topological polar surface area (TPSA) is 103 Å². The van der Waals surface area contributed by atoms with Gasteiger partial charge in [-0.05, 0) is 81.4 Å². The zero-order valence-corrected chi connectivity index (χ0v) is 23.8. The number of hydrogen-bond acceptors (Lipinski definition) is 8. The van der Waals surface area contributed by atoms with E-state index in [9.17, 15) is 4.79 Å². The highest BCUT2D eigenvalue weighted by atomic mass is 16.5. The third-order valence-electron chi connectivity index (χ3n) is 9.90. The Bertz CT molecular complexity index is 1380. The number of rotatable bonds is 8. The largest absolute Gasteiger partial charge is 0.467 e. The summed E-state index contributed by atoms with van der Waals surface area (Å²) in [5.41, 5.74) is 2.64. The van der Waals surface area contributed by atoms with E-state index in [1.165, 1.54) is 25.7 Å². The number of aromatic nitrogens is 4. The number of carbonyl (C=O) groups is 1. The average molecular weight is 558 g/mol. The van der Waals surface area contributed by atoms with E-state index >= 15 is 0 Å². The minimum absolute atomic E-state index is 0.00108. The maximum atomic E-state index is 14.1. The van der Waals surface area contributed by atoms with Crippen LogP contribution in [0.25, 0.3) is 11.3 Å². The molecule has 2 aromatic heterocycles. The highest BCUT2D eigenvalue weighted by molar-refractivity contribution is 5.95. The molecule has 1 amide bonds. The van der Waals surface area contributed by atoms with Gasteiger partial charge in [0.25, 0.3) is 0 Å². The number of ether oxygens (including phenoxy) is 2. The number of hydrogen-bond donors (Lipinski definition) is 0. The summed E-state index contributed by atoms with van der Waals surface area (Å²) < 4.78 is 16.7. The van der Waals surface area contributed by atoms with Crippen molar-refractivity contribution in [3.8, 4) is 17.3 Å². The van der Waals surface area contributed by atoms with Gasteiger partial charge in [0.15, 0.2) is 5.82 Å². The normalized spacial score (nSPS) is 26.5. The molecular weight excluding hydrogens is 518 g/mol. The Morgan fingerprint density at radius 1 is 1.07 bits per heavy atom. The fourth-order valence-corrected chi connectivity index (χ4v) is 7.39. The Balaban J connectivity index is 1.15. The molecule has 3 atom stereocenters. The van der Waals surface area contributed by atoms with Gasteiger partial charge in [0.1, 0.15) is 0 Å². The Hall–Kier alpha value is -3.33. The summed E-state index contributed by atoms with van der Waals surface area (Å²) in [4.78, 5) is 29.8. The minimum Gasteiger partial charge on any atom is -0.467 e. The monoisotopic (exact) mass is 557 g/mol. The van der Waals surface area contributed by atoms with E-state index < -0.39 is 0 Å². The molecule has 2 bridgehead atoms. The first-order valence-corrected chi connectivity index (χ1v) is 15.3. The Kier molecular flexibility index (Phi) is 7.23. The number of amides is 1. The van der Waals surface area contributed by atoms with Crippen LogP contribution in [0.15, 0.2) is 41.1 Å². The standard InChI is InChI=1S/C32H39N5O4/c1-39-31-33-15-10-27(34-31)23-4-2-6-26(18-23)37(29(38)22-11-16-40-17-12-22)20-25-9-14-32(13-3-5-24(25)19-32)30-35-28(36-41-30)21-7-8-21/h2,4,6,10,15,18,21-22,24-25H,3,5,7-9,11-14,16-17,19-20H2,1H3. The molecule has 3 aromatic rings. The lowest BCUT2D eigenvalue weighted by Crippen LogP contribution is -2.47. The molecular formula is C32H39N5O4. The zero-order chi connectivity index (χ0) is 27.8. The Morgan fingerprint density at radius 2 is 1.95 bits per heavy atom. The van der Waals surface area contributed by atoms with Crippen LogP contribution in [-0.4, -0.2) is 52.9 Å². The van der Waals surface area contributed by atoms with E-state index in [-0.39, 0.29) is 17.2 Å². The lowest BCUT2D eigenvalue weighted by atomic mass is 9.58. The predicted octanol–water partition coefficient (Wildman–Crippen LogP) is 5.71. The van der Waals surface area contributed by atoms with Gasteiger partial charge in [-0.25, -0.2) is 4.98 Å². The lowest BCUT2D eigenvalue weighted by molar-refractivity contribution is -0.125. The van der Waals surface area contributed by atoms with Crippen LogP contribution in [0, 0.1) is 17.8 Å². The molecule has 3 heterocycles. The van der Waals surface area contributed by atoms with Crippen LogP contribution in [0.2, 0.25) is 0 Å². The fraction of sp³-hybridized carbons (Fsp3) is 0.594. The molecule has 1 aromatic carbocycles. The van der Waals surface area contributed by atoms with Crippen molar-refractivity contribution in [2.75, 3.05) is 31.8 Å². The van der Waals surface area contributed by atoms with Gasteiger partial charge in [-0.15, -0.1) is 0 Å². The van der Waals surface area contributed by atoms with Gasteiger partial charge >= 0.3 is 6.01 Å². The second-order valence-corrected chi connectivity index (χ2v) is 12.5. The van der Waals surface area contributed by atoms with Gasteiger partial charge in [0, 0.05) is 54.5 Å². The summed E-state index contributed by atoms with van der Waals surface area (Å²) in [6.07, 6.45) is 12.3. The maximum absolute atomic E-state index is 14.1. The van der Waals surface area contributed by atoms with Crippen molar-refractivity contribution in [2.24, 2.45) is 17.8 Å². The summed E-state index contributed by atoms with van der Waals surface area (Å²) in [5.74, 6) is 3.44. The van der Waals surface area contributed by atoms with Crippen molar-refractivity contribution in [3.63, 3.8) is 0 Å².